The fourth-order valence-corrected chi connectivity index (χ4v) is 3.49. The second kappa shape index (κ2) is 4.60. The molecule has 0 bridgehead atoms. The summed E-state index contributed by atoms with van der Waals surface area (Å²) in [5.41, 5.74) is 2.58. The molecule has 1 saturated carbocycles. The minimum atomic E-state index is -0.904. The van der Waals surface area contributed by atoms with E-state index in [4.69, 9.17) is 4.74 Å². The van der Waals surface area contributed by atoms with Crippen molar-refractivity contribution in [2.75, 3.05) is 13.7 Å². The molecule has 2 aromatic rings. The molecule has 0 saturated heterocycles. The zero-order valence-electron chi connectivity index (χ0n) is 12.5. The molecular formula is C17H18N2O3. The molecule has 0 atom stereocenters. The van der Waals surface area contributed by atoms with Crippen LogP contribution in [0.4, 0.5) is 0 Å². The largest absolute Gasteiger partial charge is 0.468 e. The van der Waals surface area contributed by atoms with Gasteiger partial charge in [0, 0.05) is 23.1 Å². The normalized spacial score (nSPS) is 18.9. The van der Waals surface area contributed by atoms with Crippen LogP contribution >= 0.6 is 0 Å². The van der Waals surface area contributed by atoms with E-state index in [-0.39, 0.29) is 11.9 Å². The third-order valence-electron chi connectivity index (χ3n) is 4.91. The number of para-hydroxylation sites is 1. The number of esters is 1. The first-order valence-corrected chi connectivity index (χ1v) is 7.62. The Bertz CT molecular complexity index is 773. The number of hydrogen-bond acceptors (Lipinski definition) is 3. The van der Waals surface area contributed by atoms with E-state index in [1.807, 2.05) is 12.1 Å². The highest BCUT2D eigenvalue weighted by atomic mass is 16.5. The molecule has 2 aliphatic rings. The van der Waals surface area contributed by atoms with Crippen LogP contribution in [0.1, 0.15) is 24.1 Å². The lowest BCUT2D eigenvalue weighted by molar-refractivity contribution is -0.156. The lowest BCUT2D eigenvalue weighted by Gasteiger charge is -2.29. The van der Waals surface area contributed by atoms with E-state index in [0.29, 0.717) is 25.9 Å². The first-order chi connectivity index (χ1) is 10.7. The lowest BCUT2D eigenvalue weighted by Crippen LogP contribution is -2.43. The number of amides is 1. The Kier molecular flexibility index (Phi) is 2.79. The number of aromatic amines is 1. The van der Waals surface area contributed by atoms with Crippen LogP contribution in [0.25, 0.3) is 10.9 Å². The Morgan fingerprint density at radius 1 is 1.27 bits per heavy atom. The first-order valence-electron chi connectivity index (χ1n) is 7.62. The predicted octanol–water partition coefficient (Wildman–Crippen LogP) is 2.01. The van der Waals surface area contributed by atoms with Gasteiger partial charge in [-0.15, -0.1) is 0 Å². The lowest BCUT2D eigenvalue weighted by atomic mass is 10.00. The summed E-state index contributed by atoms with van der Waals surface area (Å²) in [6, 6.07) is 8.20. The topological polar surface area (TPSA) is 62.4 Å². The van der Waals surface area contributed by atoms with Crippen LogP contribution in [-0.4, -0.2) is 35.4 Å². The van der Waals surface area contributed by atoms with Gasteiger partial charge in [-0.1, -0.05) is 18.2 Å². The number of nitrogens with zero attached hydrogens (tertiary/aromatic N) is 1. The number of nitrogens with one attached hydrogen (secondary N) is 1. The maximum absolute atomic E-state index is 12.7. The highest BCUT2D eigenvalue weighted by molar-refractivity contribution is 6.05. The van der Waals surface area contributed by atoms with Crippen LogP contribution in [0.3, 0.4) is 0 Å². The molecule has 0 spiro atoms. The maximum Gasteiger partial charge on any atom is 0.321 e. The summed E-state index contributed by atoms with van der Waals surface area (Å²) in [6.07, 6.45) is 2.03. The van der Waals surface area contributed by atoms with E-state index < -0.39 is 5.41 Å². The van der Waals surface area contributed by atoms with Gasteiger partial charge in [0.05, 0.1) is 13.7 Å². The average molecular weight is 298 g/mol. The van der Waals surface area contributed by atoms with Crippen LogP contribution in [0.2, 0.25) is 0 Å². The number of H-pyrrole nitrogens is 1. The van der Waals surface area contributed by atoms with E-state index in [1.165, 1.54) is 18.1 Å². The highest BCUT2D eigenvalue weighted by Gasteiger charge is 2.59. The van der Waals surface area contributed by atoms with Gasteiger partial charge >= 0.3 is 5.97 Å². The quantitative estimate of drug-likeness (QED) is 0.681. The van der Waals surface area contributed by atoms with Gasteiger partial charge < -0.3 is 14.6 Å². The maximum atomic E-state index is 12.7. The second-order valence-electron chi connectivity index (χ2n) is 6.18. The molecule has 2 heterocycles. The van der Waals surface area contributed by atoms with Crippen LogP contribution in [0.5, 0.6) is 0 Å². The number of fused-ring (bicyclic) bond motifs is 3. The van der Waals surface area contributed by atoms with Crippen molar-refractivity contribution in [2.45, 2.75) is 25.8 Å². The molecule has 1 amide bonds. The Balaban J connectivity index is 1.62. The van der Waals surface area contributed by atoms with Gasteiger partial charge in [0.2, 0.25) is 5.91 Å². The minimum Gasteiger partial charge on any atom is -0.468 e. The molecule has 5 nitrogen and oxygen atoms in total. The van der Waals surface area contributed by atoms with Crippen molar-refractivity contribution in [3.63, 3.8) is 0 Å². The smallest absolute Gasteiger partial charge is 0.321 e. The summed E-state index contributed by atoms with van der Waals surface area (Å²) in [4.78, 5) is 29.8. The van der Waals surface area contributed by atoms with Crippen molar-refractivity contribution in [2.24, 2.45) is 5.41 Å². The fourth-order valence-electron chi connectivity index (χ4n) is 3.49. The van der Waals surface area contributed by atoms with Crippen molar-refractivity contribution in [1.82, 2.24) is 9.88 Å². The average Bonchev–Trinajstić information content (AvgIpc) is 3.28. The highest BCUT2D eigenvalue weighted by Crippen LogP contribution is 2.48. The number of rotatable bonds is 2. The third kappa shape index (κ3) is 1.78. The van der Waals surface area contributed by atoms with Crippen molar-refractivity contribution in [3.8, 4) is 0 Å². The Morgan fingerprint density at radius 3 is 2.77 bits per heavy atom. The van der Waals surface area contributed by atoms with Gasteiger partial charge in [0.25, 0.3) is 0 Å². The molecule has 5 heteroatoms. The molecular weight excluding hydrogens is 280 g/mol. The molecule has 1 aromatic carbocycles. The van der Waals surface area contributed by atoms with Gasteiger partial charge in [0.15, 0.2) is 0 Å². The van der Waals surface area contributed by atoms with Gasteiger partial charge in [-0.2, -0.15) is 0 Å². The van der Waals surface area contributed by atoms with Gasteiger partial charge in [-0.3, -0.25) is 9.59 Å². The van der Waals surface area contributed by atoms with Gasteiger partial charge in [0.1, 0.15) is 5.41 Å². The van der Waals surface area contributed by atoms with E-state index in [1.54, 1.807) is 4.90 Å². The van der Waals surface area contributed by atoms with Crippen LogP contribution in [0.15, 0.2) is 24.3 Å². The number of methoxy groups -OCH3 is 1. The summed E-state index contributed by atoms with van der Waals surface area (Å²) in [5.74, 6) is -0.469. The first kappa shape index (κ1) is 13.4. The molecule has 1 aliphatic carbocycles. The number of aromatic nitrogens is 1. The standard InChI is InChI=1S/C17H18N2O3/c1-22-16(21)17(7-8-17)15(20)19-9-6-12-11-4-2-3-5-13(11)18-14(12)10-19/h2-5,18H,6-10H2,1H3. The molecule has 1 N–H and O–H groups in total. The fraction of sp³-hybridized carbons (Fsp3) is 0.412. The minimum absolute atomic E-state index is 0.0799. The molecule has 0 radical (unpaired) electrons. The summed E-state index contributed by atoms with van der Waals surface area (Å²) in [5, 5.41) is 1.23. The van der Waals surface area contributed by atoms with Crippen LogP contribution < -0.4 is 0 Å². The van der Waals surface area contributed by atoms with Crippen molar-refractivity contribution >= 4 is 22.8 Å². The molecule has 114 valence electrons. The summed E-state index contributed by atoms with van der Waals surface area (Å²) in [6.45, 7) is 1.20. The number of carbonyl (C=O) groups is 2. The Labute approximate surface area is 128 Å². The number of ether oxygens (including phenoxy) is 1. The SMILES string of the molecule is COC(=O)C1(C(=O)N2CCc3c([nH]c4ccccc34)C2)CC1. The molecule has 0 unspecified atom stereocenters. The summed E-state index contributed by atoms with van der Waals surface area (Å²) >= 11 is 0. The number of benzene rings is 1. The van der Waals surface area contributed by atoms with Gasteiger partial charge in [-0.05, 0) is 30.9 Å². The van der Waals surface area contributed by atoms with E-state index in [2.05, 4.69) is 17.1 Å². The monoisotopic (exact) mass is 298 g/mol. The van der Waals surface area contributed by atoms with Crippen molar-refractivity contribution in [1.29, 1.82) is 0 Å². The Hall–Kier alpha value is -2.30. The summed E-state index contributed by atoms with van der Waals surface area (Å²) < 4.78 is 4.81. The molecule has 1 aromatic heterocycles. The summed E-state index contributed by atoms with van der Waals surface area (Å²) in [7, 11) is 1.35. The number of hydrogen-bond donors (Lipinski definition) is 1. The molecule has 1 fully saturated rings. The van der Waals surface area contributed by atoms with Gasteiger partial charge in [-0.25, -0.2) is 0 Å². The van der Waals surface area contributed by atoms with Crippen LogP contribution in [0, 0.1) is 5.41 Å². The molecule has 4 rings (SSSR count). The third-order valence-corrected chi connectivity index (χ3v) is 4.91. The second-order valence-corrected chi connectivity index (χ2v) is 6.18. The molecule has 1 aliphatic heterocycles. The predicted molar refractivity (Wildman–Crippen MR) is 81.1 cm³/mol. The molecule has 22 heavy (non-hydrogen) atoms. The van der Waals surface area contributed by atoms with Crippen molar-refractivity contribution in [3.05, 3.63) is 35.5 Å². The Morgan fingerprint density at radius 2 is 2.05 bits per heavy atom. The van der Waals surface area contributed by atoms with E-state index in [0.717, 1.165) is 17.6 Å². The van der Waals surface area contributed by atoms with E-state index in [9.17, 15) is 9.59 Å². The zero-order valence-corrected chi connectivity index (χ0v) is 12.5. The zero-order chi connectivity index (χ0) is 15.3. The van der Waals surface area contributed by atoms with Crippen molar-refractivity contribution < 1.29 is 14.3 Å². The van der Waals surface area contributed by atoms with Crippen LogP contribution in [-0.2, 0) is 27.3 Å². The number of carbonyl (C=O) groups excluding carboxylic acids is 2. The van der Waals surface area contributed by atoms with E-state index >= 15 is 0 Å².